The molecule has 0 unspecified atom stereocenters. The lowest BCUT2D eigenvalue weighted by atomic mass is 9.99. The second-order valence-electron chi connectivity index (χ2n) is 5.25. The fraction of sp³-hybridized carbons (Fsp3) is 0.400. The molecule has 0 aliphatic carbocycles. The molecule has 104 valence electrons. The quantitative estimate of drug-likeness (QED) is 0.367. The second-order valence-corrected chi connectivity index (χ2v) is 5.25. The van der Waals surface area contributed by atoms with Gasteiger partial charge in [0.15, 0.2) is 5.78 Å². The highest BCUT2D eigenvalue weighted by molar-refractivity contribution is 6.05. The van der Waals surface area contributed by atoms with Crippen molar-refractivity contribution >= 4 is 11.5 Å². The average Bonchev–Trinajstić information content (AvgIpc) is 2.85. The number of benzene rings is 1. The van der Waals surface area contributed by atoms with Crippen LogP contribution < -0.4 is 0 Å². The summed E-state index contributed by atoms with van der Waals surface area (Å²) in [6.45, 7) is 0. The zero-order chi connectivity index (χ0) is 14.1. The molecule has 5 heteroatoms. The molecule has 0 aromatic heterocycles. The fourth-order valence-electron chi connectivity index (χ4n) is 2.84. The van der Waals surface area contributed by atoms with Crippen LogP contribution in [0.2, 0.25) is 0 Å². The molecule has 2 heterocycles. The molecule has 0 radical (unpaired) electrons. The molecule has 2 aliphatic rings. The summed E-state index contributed by atoms with van der Waals surface area (Å²) in [5, 5.41) is 10.6. The van der Waals surface area contributed by atoms with Gasteiger partial charge in [-0.1, -0.05) is 0 Å². The smallest absolute Gasteiger partial charge is 0.269 e. The molecule has 1 aromatic carbocycles. The van der Waals surface area contributed by atoms with Gasteiger partial charge in [0.25, 0.3) is 5.69 Å². The Labute approximate surface area is 116 Å². The number of nitrogens with zero attached hydrogens (tertiary/aromatic N) is 1. The Morgan fingerprint density at radius 2 is 2.00 bits per heavy atom. The first-order chi connectivity index (χ1) is 9.63. The topological polar surface area (TPSA) is 69.4 Å². The van der Waals surface area contributed by atoms with Crippen molar-refractivity contribution in [1.82, 2.24) is 0 Å². The van der Waals surface area contributed by atoms with Gasteiger partial charge in [-0.3, -0.25) is 14.9 Å². The zero-order valence-corrected chi connectivity index (χ0v) is 11.0. The SMILES string of the molecule is O=C(/C=C1\CC[C@H]2CC[C@@H]1O2)c1ccc([N+](=O)[O-])cc1. The number of allylic oxidation sites excluding steroid dienone is 1. The molecule has 2 bridgehead atoms. The van der Waals surface area contributed by atoms with Gasteiger partial charge < -0.3 is 4.74 Å². The van der Waals surface area contributed by atoms with E-state index in [2.05, 4.69) is 0 Å². The van der Waals surface area contributed by atoms with Crippen LogP contribution in [0.5, 0.6) is 0 Å². The monoisotopic (exact) mass is 273 g/mol. The molecule has 20 heavy (non-hydrogen) atoms. The number of ether oxygens (including phenoxy) is 1. The van der Waals surface area contributed by atoms with Gasteiger partial charge in [-0.2, -0.15) is 0 Å². The molecule has 2 atom stereocenters. The third kappa shape index (κ3) is 2.49. The van der Waals surface area contributed by atoms with E-state index in [-0.39, 0.29) is 17.6 Å². The number of hydrogen-bond donors (Lipinski definition) is 0. The van der Waals surface area contributed by atoms with Crippen LogP contribution in [-0.2, 0) is 4.74 Å². The summed E-state index contributed by atoms with van der Waals surface area (Å²) in [7, 11) is 0. The lowest BCUT2D eigenvalue weighted by Gasteiger charge is -2.22. The number of fused-ring (bicyclic) bond motifs is 2. The van der Waals surface area contributed by atoms with E-state index in [1.807, 2.05) is 0 Å². The van der Waals surface area contributed by atoms with Crippen molar-refractivity contribution in [2.75, 3.05) is 0 Å². The Hall–Kier alpha value is -2.01. The standard InChI is InChI=1S/C15H15NO4/c17-14(10-1-4-12(5-2-10)16(18)19)9-11-3-6-13-7-8-15(11)20-13/h1-2,4-5,9,13,15H,3,6-8H2/b11-9+/t13-,15-/m0/s1. The number of nitro groups is 1. The van der Waals surface area contributed by atoms with Gasteiger partial charge >= 0.3 is 0 Å². The largest absolute Gasteiger partial charge is 0.371 e. The number of rotatable bonds is 3. The van der Waals surface area contributed by atoms with Crippen molar-refractivity contribution in [2.45, 2.75) is 37.9 Å². The van der Waals surface area contributed by atoms with Gasteiger partial charge in [-0.05, 0) is 49.5 Å². The number of carbonyl (C=O) groups excluding carboxylic acids is 1. The van der Waals surface area contributed by atoms with Crippen molar-refractivity contribution in [2.24, 2.45) is 0 Å². The summed E-state index contributed by atoms with van der Waals surface area (Å²) in [5.74, 6) is -0.108. The highest BCUT2D eigenvalue weighted by atomic mass is 16.6. The minimum absolute atomic E-state index is 0.00571. The summed E-state index contributed by atoms with van der Waals surface area (Å²) in [6.07, 6.45) is 6.07. The predicted octanol–water partition coefficient (Wildman–Crippen LogP) is 3.05. The van der Waals surface area contributed by atoms with Crippen LogP contribution in [0.15, 0.2) is 35.9 Å². The van der Waals surface area contributed by atoms with E-state index in [1.165, 1.54) is 24.3 Å². The van der Waals surface area contributed by atoms with Crippen LogP contribution in [0.4, 0.5) is 5.69 Å². The Kier molecular flexibility index (Phi) is 3.36. The van der Waals surface area contributed by atoms with E-state index in [1.54, 1.807) is 6.08 Å². The summed E-state index contributed by atoms with van der Waals surface area (Å²) >= 11 is 0. The predicted molar refractivity (Wildman–Crippen MR) is 72.6 cm³/mol. The van der Waals surface area contributed by atoms with E-state index in [0.29, 0.717) is 11.7 Å². The first kappa shape index (κ1) is 13.0. The van der Waals surface area contributed by atoms with Crippen molar-refractivity contribution in [1.29, 1.82) is 0 Å². The molecule has 0 saturated carbocycles. The highest BCUT2D eigenvalue weighted by Crippen LogP contribution is 2.36. The van der Waals surface area contributed by atoms with Crippen LogP contribution in [0.25, 0.3) is 0 Å². The first-order valence-corrected chi connectivity index (χ1v) is 6.78. The zero-order valence-electron chi connectivity index (χ0n) is 11.0. The van der Waals surface area contributed by atoms with Crippen LogP contribution in [0.3, 0.4) is 0 Å². The second kappa shape index (κ2) is 5.17. The molecule has 3 rings (SSSR count). The molecule has 0 spiro atoms. The van der Waals surface area contributed by atoms with E-state index < -0.39 is 4.92 Å². The van der Waals surface area contributed by atoms with Crippen LogP contribution >= 0.6 is 0 Å². The van der Waals surface area contributed by atoms with Crippen LogP contribution in [0.1, 0.15) is 36.0 Å². The van der Waals surface area contributed by atoms with Crippen molar-refractivity contribution < 1.29 is 14.5 Å². The fourth-order valence-corrected chi connectivity index (χ4v) is 2.84. The maximum atomic E-state index is 12.2. The number of carbonyl (C=O) groups is 1. The molecular weight excluding hydrogens is 258 g/mol. The lowest BCUT2D eigenvalue weighted by molar-refractivity contribution is -0.384. The Morgan fingerprint density at radius 1 is 1.25 bits per heavy atom. The average molecular weight is 273 g/mol. The first-order valence-electron chi connectivity index (χ1n) is 6.78. The summed E-state index contributed by atoms with van der Waals surface area (Å²) in [5.41, 5.74) is 1.53. The highest BCUT2D eigenvalue weighted by Gasteiger charge is 2.33. The van der Waals surface area contributed by atoms with Gasteiger partial charge in [0, 0.05) is 17.7 Å². The number of hydrogen-bond acceptors (Lipinski definition) is 4. The molecule has 2 fully saturated rings. The van der Waals surface area contributed by atoms with Crippen molar-refractivity contribution in [3.8, 4) is 0 Å². The lowest BCUT2D eigenvalue weighted by Crippen LogP contribution is -2.20. The normalized spacial score (nSPS) is 26.7. The minimum atomic E-state index is -0.472. The molecule has 2 aliphatic heterocycles. The van der Waals surface area contributed by atoms with Crippen molar-refractivity contribution in [3.05, 3.63) is 51.6 Å². The van der Waals surface area contributed by atoms with E-state index >= 15 is 0 Å². The maximum Gasteiger partial charge on any atom is 0.269 e. The van der Waals surface area contributed by atoms with E-state index in [0.717, 1.165) is 31.3 Å². The third-order valence-electron chi connectivity index (χ3n) is 3.96. The summed E-state index contributed by atoms with van der Waals surface area (Å²) in [4.78, 5) is 22.3. The summed E-state index contributed by atoms with van der Waals surface area (Å²) < 4.78 is 5.79. The number of non-ortho nitro benzene ring substituents is 1. The Bertz CT molecular complexity index is 576. The Morgan fingerprint density at radius 3 is 2.70 bits per heavy atom. The molecule has 5 nitrogen and oxygen atoms in total. The van der Waals surface area contributed by atoms with Gasteiger partial charge in [-0.25, -0.2) is 0 Å². The molecule has 1 aromatic rings. The number of nitro benzene ring substituents is 1. The summed E-state index contributed by atoms with van der Waals surface area (Å²) in [6, 6.07) is 5.71. The molecule has 2 saturated heterocycles. The van der Waals surface area contributed by atoms with Crippen LogP contribution in [0, 0.1) is 10.1 Å². The number of ketones is 1. The van der Waals surface area contributed by atoms with E-state index in [4.69, 9.17) is 4.74 Å². The van der Waals surface area contributed by atoms with Crippen molar-refractivity contribution in [3.63, 3.8) is 0 Å². The molecular formula is C15H15NO4. The molecule has 0 amide bonds. The molecule has 0 N–H and O–H groups in total. The van der Waals surface area contributed by atoms with Gasteiger partial charge in [0.05, 0.1) is 17.1 Å². The van der Waals surface area contributed by atoms with Gasteiger partial charge in [0.2, 0.25) is 0 Å². The minimum Gasteiger partial charge on any atom is -0.371 e. The maximum absolute atomic E-state index is 12.2. The van der Waals surface area contributed by atoms with Crippen LogP contribution in [-0.4, -0.2) is 22.9 Å². The Balaban J connectivity index is 1.77. The third-order valence-corrected chi connectivity index (χ3v) is 3.96. The van der Waals surface area contributed by atoms with Gasteiger partial charge in [0.1, 0.15) is 0 Å². The van der Waals surface area contributed by atoms with E-state index in [9.17, 15) is 14.9 Å². The van der Waals surface area contributed by atoms with Gasteiger partial charge in [-0.15, -0.1) is 0 Å².